The average Bonchev–Trinajstić information content (AvgIpc) is 2.40. The van der Waals surface area contributed by atoms with E-state index < -0.39 is 35.2 Å². The monoisotopic (exact) mass is 387 g/mol. The van der Waals surface area contributed by atoms with Gasteiger partial charge in [-0.1, -0.05) is 6.07 Å². The van der Waals surface area contributed by atoms with Gasteiger partial charge in [-0.05, 0) is 34.5 Å². The average molecular weight is 388 g/mol. The van der Waals surface area contributed by atoms with Crippen LogP contribution in [0.3, 0.4) is 0 Å². The number of aryl methyl sites for hydroxylation is 1. The number of carboxylic acids is 1. The van der Waals surface area contributed by atoms with E-state index in [4.69, 9.17) is 5.11 Å². The molecular weight excluding hydrogens is 378 g/mol. The summed E-state index contributed by atoms with van der Waals surface area (Å²) < 4.78 is 55.1. The quantitative estimate of drug-likeness (QED) is 0.777. The van der Waals surface area contributed by atoms with Crippen LogP contribution in [0.1, 0.15) is 15.9 Å². The van der Waals surface area contributed by atoms with Gasteiger partial charge in [-0.25, -0.2) is 4.79 Å². The Kier molecular flexibility index (Phi) is 5.18. The van der Waals surface area contributed by atoms with E-state index in [-0.39, 0.29) is 4.47 Å². The lowest BCUT2D eigenvalue weighted by Gasteiger charge is -2.25. The zero-order valence-corrected chi connectivity index (χ0v) is 12.8. The van der Waals surface area contributed by atoms with Crippen LogP contribution in [0.25, 0.3) is 0 Å². The van der Waals surface area contributed by atoms with E-state index in [9.17, 15) is 27.2 Å². The first-order chi connectivity index (χ1) is 9.95. The summed E-state index contributed by atoms with van der Waals surface area (Å²) in [4.78, 5) is 22.7. The van der Waals surface area contributed by atoms with Gasteiger partial charge in [-0.15, -0.1) is 0 Å². The van der Waals surface area contributed by atoms with Crippen LogP contribution in [-0.2, 0) is 9.53 Å². The summed E-state index contributed by atoms with van der Waals surface area (Å²) in [7, 11) is 0.371. The number of alkyl halides is 4. The summed E-state index contributed by atoms with van der Waals surface area (Å²) in [5, 5.41) is 10.7. The fraction of sp³-hybridized carbons (Fsp3) is 0.333. The molecule has 2 N–H and O–H groups in total. The molecule has 0 bridgehead atoms. The summed E-state index contributed by atoms with van der Waals surface area (Å²) in [6.45, 7) is 1.53. The Morgan fingerprint density at radius 2 is 1.82 bits per heavy atom. The minimum absolute atomic E-state index is 0.0479. The number of carbonyl (C=O) groups is 2. The third-order valence-corrected chi connectivity index (χ3v) is 3.76. The molecule has 10 heteroatoms. The topological polar surface area (TPSA) is 75.6 Å². The van der Waals surface area contributed by atoms with Crippen molar-refractivity contribution in [3.8, 4) is 0 Å². The number of amides is 1. The molecule has 1 atom stereocenters. The first-order valence-corrected chi connectivity index (χ1v) is 6.39. The number of anilines is 1. The van der Waals surface area contributed by atoms with Gasteiger partial charge in [0.1, 0.15) is 0 Å². The number of hydrogen-bond acceptors (Lipinski definition) is 3. The molecule has 5 nitrogen and oxygen atoms in total. The summed E-state index contributed by atoms with van der Waals surface area (Å²) in [6, 6.07) is 2.39. The largest absolute Gasteiger partial charge is 0.478 e. The maximum Gasteiger partial charge on any atom is 0.458 e. The van der Waals surface area contributed by atoms with Gasteiger partial charge in [0.2, 0.25) is 0 Å². The lowest BCUT2D eigenvalue weighted by molar-refractivity contribution is -0.305. The van der Waals surface area contributed by atoms with E-state index in [1.54, 1.807) is 5.32 Å². The number of methoxy groups -OCH3 is 1. The Hall–Kier alpha value is -1.68. The van der Waals surface area contributed by atoms with Gasteiger partial charge in [0, 0.05) is 11.6 Å². The van der Waals surface area contributed by atoms with Crippen LogP contribution in [-0.4, -0.2) is 36.1 Å². The highest BCUT2D eigenvalue weighted by atomic mass is 79.9. The number of aromatic carboxylic acids is 1. The highest BCUT2D eigenvalue weighted by Gasteiger charge is 2.63. The molecule has 1 rings (SSSR count). The highest BCUT2D eigenvalue weighted by molar-refractivity contribution is 9.10. The molecule has 0 aliphatic heterocycles. The Morgan fingerprint density at radius 3 is 2.23 bits per heavy atom. The lowest BCUT2D eigenvalue weighted by Crippen LogP contribution is -2.52. The van der Waals surface area contributed by atoms with Crippen LogP contribution in [0, 0.1) is 6.92 Å². The smallest absolute Gasteiger partial charge is 0.458 e. The number of carboxylic acid groups (broad SMARTS) is 1. The molecule has 0 aliphatic rings. The maximum absolute atomic E-state index is 13.7. The first-order valence-electron chi connectivity index (χ1n) is 5.60. The van der Waals surface area contributed by atoms with Crippen molar-refractivity contribution in [1.82, 2.24) is 0 Å². The van der Waals surface area contributed by atoms with Gasteiger partial charge in [-0.3, -0.25) is 4.79 Å². The van der Waals surface area contributed by atoms with Crippen molar-refractivity contribution in [2.24, 2.45) is 0 Å². The molecule has 0 aliphatic carbocycles. The van der Waals surface area contributed by atoms with E-state index in [1.807, 2.05) is 0 Å². The third-order valence-electron chi connectivity index (χ3n) is 2.74. The minimum Gasteiger partial charge on any atom is -0.478 e. The predicted octanol–water partition coefficient (Wildman–Crippen LogP) is 3.27. The van der Waals surface area contributed by atoms with Gasteiger partial charge in [0.05, 0.1) is 11.3 Å². The molecule has 0 heterocycles. The Bertz CT molecular complexity index is 620. The number of rotatable bonds is 4. The van der Waals surface area contributed by atoms with E-state index in [0.717, 1.165) is 6.07 Å². The van der Waals surface area contributed by atoms with Crippen molar-refractivity contribution in [2.45, 2.75) is 19.0 Å². The second kappa shape index (κ2) is 6.21. The standard InChI is InChI=1S/C12H10BrF4NO4/c1-5-3-4-6(7(8(5)13)9(19)20)18-10(21)11(14,22-2)12(15,16)17/h3-4H,1-2H3,(H,18,21)(H,19,20)/t11-/m0/s1. The van der Waals surface area contributed by atoms with Crippen LogP contribution in [0.5, 0.6) is 0 Å². The van der Waals surface area contributed by atoms with Crippen molar-refractivity contribution >= 4 is 33.5 Å². The van der Waals surface area contributed by atoms with Gasteiger partial charge in [0.25, 0.3) is 5.91 Å². The number of carbonyl (C=O) groups excluding carboxylic acids is 1. The molecule has 0 spiro atoms. The molecule has 22 heavy (non-hydrogen) atoms. The van der Waals surface area contributed by atoms with Crippen LogP contribution in [0.4, 0.5) is 23.2 Å². The maximum atomic E-state index is 13.7. The van der Waals surface area contributed by atoms with Crippen molar-refractivity contribution in [1.29, 1.82) is 0 Å². The summed E-state index contributed by atoms with van der Waals surface area (Å²) in [6.07, 6.45) is -5.63. The molecular formula is C12H10BrF4NO4. The zero-order chi connectivity index (χ0) is 17.3. The summed E-state index contributed by atoms with van der Waals surface area (Å²) in [5.41, 5.74) is -0.545. The van der Waals surface area contributed by atoms with Crippen molar-refractivity contribution in [3.05, 3.63) is 27.7 Å². The fourth-order valence-electron chi connectivity index (χ4n) is 1.53. The SMILES string of the molecule is CO[C@@](F)(C(=O)Nc1ccc(C)c(Br)c1C(=O)O)C(F)(F)F. The lowest BCUT2D eigenvalue weighted by atomic mass is 10.1. The minimum atomic E-state index is -5.63. The summed E-state index contributed by atoms with van der Waals surface area (Å²) in [5.74, 6) is -8.29. The van der Waals surface area contributed by atoms with Crippen LogP contribution >= 0.6 is 15.9 Å². The number of nitrogens with one attached hydrogen (secondary N) is 1. The van der Waals surface area contributed by atoms with Crippen LogP contribution < -0.4 is 5.32 Å². The summed E-state index contributed by atoms with van der Waals surface area (Å²) >= 11 is 2.95. The molecule has 0 saturated carbocycles. The third kappa shape index (κ3) is 3.22. The van der Waals surface area contributed by atoms with Crippen molar-refractivity contribution in [2.75, 3.05) is 12.4 Å². The molecule has 1 amide bonds. The normalized spacial score (nSPS) is 14.3. The Morgan fingerprint density at radius 1 is 1.27 bits per heavy atom. The van der Waals surface area contributed by atoms with Gasteiger partial charge < -0.3 is 15.2 Å². The molecule has 0 fully saturated rings. The predicted molar refractivity (Wildman–Crippen MR) is 71.4 cm³/mol. The molecule has 1 aromatic rings. The fourth-order valence-corrected chi connectivity index (χ4v) is 2.05. The zero-order valence-electron chi connectivity index (χ0n) is 11.2. The molecule has 0 radical (unpaired) electrons. The van der Waals surface area contributed by atoms with Crippen molar-refractivity contribution in [3.63, 3.8) is 0 Å². The Balaban J connectivity index is 3.29. The van der Waals surface area contributed by atoms with Crippen LogP contribution in [0.2, 0.25) is 0 Å². The second-order valence-electron chi connectivity index (χ2n) is 4.18. The molecule has 122 valence electrons. The number of benzene rings is 1. The van der Waals surface area contributed by atoms with E-state index in [1.165, 1.54) is 13.0 Å². The van der Waals surface area contributed by atoms with Gasteiger partial charge >= 0.3 is 18.0 Å². The molecule has 0 unspecified atom stereocenters. The van der Waals surface area contributed by atoms with E-state index in [0.29, 0.717) is 12.7 Å². The Labute approximate surface area is 130 Å². The molecule has 0 saturated heterocycles. The number of ether oxygens (including phenoxy) is 1. The molecule has 0 aromatic heterocycles. The highest BCUT2D eigenvalue weighted by Crippen LogP contribution is 2.36. The van der Waals surface area contributed by atoms with E-state index in [2.05, 4.69) is 20.7 Å². The van der Waals surface area contributed by atoms with Crippen LogP contribution in [0.15, 0.2) is 16.6 Å². The first kappa shape index (κ1) is 18.4. The van der Waals surface area contributed by atoms with Gasteiger partial charge in [0.15, 0.2) is 0 Å². The van der Waals surface area contributed by atoms with Gasteiger partial charge in [-0.2, -0.15) is 17.6 Å². The number of hydrogen-bond donors (Lipinski definition) is 2. The molecule has 1 aromatic carbocycles. The van der Waals surface area contributed by atoms with E-state index >= 15 is 0 Å². The van der Waals surface area contributed by atoms with Crippen molar-refractivity contribution < 1.29 is 37.0 Å². The number of halogens is 5. The second-order valence-corrected chi connectivity index (χ2v) is 4.97.